The fraction of sp³-hybridized carbons (Fsp3) is 0.400. The number of nitrogens with zero attached hydrogens (tertiary/aromatic N) is 3. The minimum atomic E-state index is -0.0711. The molecule has 0 unspecified atom stereocenters. The number of nitrogens with one attached hydrogen (secondary N) is 1. The third-order valence-corrected chi connectivity index (χ3v) is 2.56. The number of hydrogen-bond acceptors (Lipinski definition) is 3. The van der Waals surface area contributed by atoms with Gasteiger partial charge < -0.3 is 10.1 Å². The van der Waals surface area contributed by atoms with Gasteiger partial charge in [0.15, 0.2) is 0 Å². The molecule has 2 aromatic heterocycles. The van der Waals surface area contributed by atoms with E-state index in [0.29, 0.717) is 5.82 Å². The SMILES string of the molecule is Cc1nn(C)c(C)c1-c1cnc(CO)[nH]1. The summed E-state index contributed by atoms with van der Waals surface area (Å²) in [7, 11) is 1.91. The second-order valence-corrected chi connectivity index (χ2v) is 3.57. The number of aromatic amines is 1. The van der Waals surface area contributed by atoms with Crippen molar-refractivity contribution in [1.29, 1.82) is 0 Å². The summed E-state index contributed by atoms with van der Waals surface area (Å²) in [5.41, 5.74) is 4.01. The first kappa shape index (κ1) is 9.92. The number of aryl methyl sites for hydroxylation is 2. The van der Waals surface area contributed by atoms with E-state index in [1.54, 1.807) is 6.20 Å². The first-order valence-corrected chi connectivity index (χ1v) is 4.78. The fourth-order valence-electron chi connectivity index (χ4n) is 1.73. The molecule has 2 N–H and O–H groups in total. The van der Waals surface area contributed by atoms with E-state index in [2.05, 4.69) is 15.1 Å². The van der Waals surface area contributed by atoms with Crippen LogP contribution in [0.25, 0.3) is 11.3 Å². The Morgan fingerprint density at radius 2 is 2.20 bits per heavy atom. The zero-order chi connectivity index (χ0) is 11.0. The molecule has 0 spiro atoms. The van der Waals surface area contributed by atoms with Crippen molar-refractivity contribution in [2.75, 3.05) is 0 Å². The van der Waals surface area contributed by atoms with Crippen LogP contribution in [0.15, 0.2) is 6.20 Å². The molecule has 15 heavy (non-hydrogen) atoms. The third kappa shape index (κ3) is 1.55. The molecule has 2 aromatic rings. The van der Waals surface area contributed by atoms with Gasteiger partial charge in [0.1, 0.15) is 12.4 Å². The molecule has 0 aliphatic rings. The van der Waals surface area contributed by atoms with Gasteiger partial charge in [-0.3, -0.25) is 4.68 Å². The lowest BCUT2D eigenvalue weighted by atomic mass is 10.1. The van der Waals surface area contributed by atoms with Crippen molar-refractivity contribution in [2.24, 2.45) is 7.05 Å². The van der Waals surface area contributed by atoms with E-state index < -0.39 is 0 Å². The Morgan fingerprint density at radius 3 is 2.67 bits per heavy atom. The highest BCUT2D eigenvalue weighted by Crippen LogP contribution is 2.24. The number of hydrogen-bond donors (Lipinski definition) is 2. The van der Waals surface area contributed by atoms with Crippen molar-refractivity contribution in [2.45, 2.75) is 20.5 Å². The summed E-state index contributed by atoms with van der Waals surface area (Å²) < 4.78 is 1.84. The van der Waals surface area contributed by atoms with Crippen molar-refractivity contribution < 1.29 is 5.11 Å². The maximum Gasteiger partial charge on any atom is 0.132 e. The fourth-order valence-corrected chi connectivity index (χ4v) is 1.73. The van der Waals surface area contributed by atoms with Gasteiger partial charge in [-0.25, -0.2) is 4.98 Å². The molecule has 0 saturated heterocycles. The standard InChI is InChI=1S/C10H14N4O/c1-6-10(7(2)14(3)13-6)8-4-11-9(5-15)12-8/h4,15H,5H2,1-3H3,(H,11,12). The zero-order valence-corrected chi connectivity index (χ0v) is 9.07. The Bertz CT molecular complexity index is 484. The van der Waals surface area contributed by atoms with Gasteiger partial charge in [-0.1, -0.05) is 0 Å². The number of aromatic nitrogens is 4. The van der Waals surface area contributed by atoms with Crippen molar-refractivity contribution in [3.05, 3.63) is 23.4 Å². The van der Waals surface area contributed by atoms with Crippen LogP contribution >= 0.6 is 0 Å². The smallest absolute Gasteiger partial charge is 0.132 e. The van der Waals surface area contributed by atoms with Gasteiger partial charge in [0.05, 0.1) is 17.6 Å². The highest BCUT2D eigenvalue weighted by atomic mass is 16.3. The minimum Gasteiger partial charge on any atom is -0.388 e. The van der Waals surface area contributed by atoms with Crippen LogP contribution in [0.2, 0.25) is 0 Å². The van der Waals surface area contributed by atoms with E-state index in [1.807, 2.05) is 25.6 Å². The lowest BCUT2D eigenvalue weighted by Crippen LogP contribution is -1.92. The highest BCUT2D eigenvalue weighted by molar-refractivity contribution is 5.64. The molecule has 80 valence electrons. The monoisotopic (exact) mass is 206 g/mol. The first-order chi connectivity index (χ1) is 7.13. The van der Waals surface area contributed by atoms with E-state index >= 15 is 0 Å². The summed E-state index contributed by atoms with van der Waals surface area (Å²) in [5.74, 6) is 0.577. The van der Waals surface area contributed by atoms with Crippen LogP contribution in [0.4, 0.5) is 0 Å². The molecule has 0 aliphatic heterocycles. The lowest BCUT2D eigenvalue weighted by Gasteiger charge is -1.97. The Hall–Kier alpha value is -1.62. The summed E-state index contributed by atoms with van der Waals surface area (Å²) in [5, 5.41) is 13.3. The molecule has 5 heteroatoms. The van der Waals surface area contributed by atoms with Crippen LogP contribution < -0.4 is 0 Å². The van der Waals surface area contributed by atoms with Crippen LogP contribution in [0, 0.1) is 13.8 Å². The van der Waals surface area contributed by atoms with Gasteiger partial charge >= 0.3 is 0 Å². The van der Waals surface area contributed by atoms with Crippen LogP contribution in [-0.4, -0.2) is 24.9 Å². The number of rotatable bonds is 2. The Morgan fingerprint density at radius 1 is 1.47 bits per heavy atom. The summed E-state index contributed by atoms with van der Waals surface area (Å²) in [6.07, 6.45) is 1.72. The average molecular weight is 206 g/mol. The molecule has 0 aliphatic carbocycles. The molecule has 0 saturated carbocycles. The maximum atomic E-state index is 8.93. The number of H-pyrrole nitrogens is 1. The van der Waals surface area contributed by atoms with Gasteiger partial charge in [-0.2, -0.15) is 5.10 Å². The van der Waals surface area contributed by atoms with Gasteiger partial charge in [0, 0.05) is 18.3 Å². The highest BCUT2D eigenvalue weighted by Gasteiger charge is 2.13. The largest absolute Gasteiger partial charge is 0.388 e. The van der Waals surface area contributed by atoms with Crippen molar-refractivity contribution in [1.82, 2.24) is 19.7 Å². The van der Waals surface area contributed by atoms with Gasteiger partial charge in [0.25, 0.3) is 0 Å². The van der Waals surface area contributed by atoms with Crippen molar-refractivity contribution in [3.63, 3.8) is 0 Å². The summed E-state index contributed by atoms with van der Waals surface area (Å²) in [4.78, 5) is 7.12. The summed E-state index contributed by atoms with van der Waals surface area (Å²) in [6, 6.07) is 0. The predicted octanol–water partition coefficient (Wildman–Crippen LogP) is 0.919. The lowest BCUT2D eigenvalue weighted by molar-refractivity contribution is 0.272. The summed E-state index contributed by atoms with van der Waals surface area (Å²) in [6.45, 7) is 3.90. The Labute approximate surface area is 87.8 Å². The van der Waals surface area contributed by atoms with E-state index in [-0.39, 0.29) is 6.61 Å². The van der Waals surface area contributed by atoms with Crippen molar-refractivity contribution in [3.8, 4) is 11.3 Å². The van der Waals surface area contributed by atoms with E-state index in [1.165, 1.54) is 0 Å². The van der Waals surface area contributed by atoms with Crippen molar-refractivity contribution >= 4 is 0 Å². The maximum absolute atomic E-state index is 8.93. The molecule has 0 fully saturated rings. The van der Waals surface area contributed by atoms with Crippen LogP contribution in [0.5, 0.6) is 0 Å². The predicted molar refractivity (Wildman–Crippen MR) is 56.2 cm³/mol. The normalized spacial score (nSPS) is 10.9. The van der Waals surface area contributed by atoms with Gasteiger partial charge in [-0.15, -0.1) is 0 Å². The minimum absolute atomic E-state index is 0.0711. The third-order valence-electron chi connectivity index (χ3n) is 2.56. The molecule has 0 atom stereocenters. The molecule has 0 radical (unpaired) electrons. The number of imidazole rings is 1. The van der Waals surface area contributed by atoms with E-state index in [9.17, 15) is 0 Å². The molecule has 0 bridgehead atoms. The van der Waals surface area contributed by atoms with Gasteiger partial charge in [0.2, 0.25) is 0 Å². The van der Waals surface area contributed by atoms with E-state index in [0.717, 1.165) is 22.6 Å². The molecule has 5 nitrogen and oxygen atoms in total. The molecule has 0 aromatic carbocycles. The second-order valence-electron chi connectivity index (χ2n) is 3.57. The second kappa shape index (κ2) is 3.51. The van der Waals surface area contributed by atoms with Crippen LogP contribution in [0.3, 0.4) is 0 Å². The molecule has 0 amide bonds. The van der Waals surface area contributed by atoms with Crippen LogP contribution in [-0.2, 0) is 13.7 Å². The zero-order valence-electron chi connectivity index (χ0n) is 9.07. The van der Waals surface area contributed by atoms with Gasteiger partial charge in [-0.05, 0) is 13.8 Å². The number of aliphatic hydroxyl groups excluding tert-OH is 1. The topological polar surface area (TPSA) is 66.7 Å². The quantitative estimate of drug-likeness (QED) is 0.767. The van der Waals surface area contributed by atoms with Crippen LogP contribution in [0.1, 0.15) is 17.2 Å². The first-order valence-electron chi connectivity index (χ1n) is 4.78. The molecular formula is C10H14N4O. The Balaban J connectivity index is 2.53. The molecule has 2 rings (SSSR count). The molecule has 2 heterocycles. The summed E-state index contributed by atoms with van der Waals surface area (Å²) >= 11 is 0. The molecular weight excluding hydrogens is 192 g/mol. The Kier molecular flexibility index (Phi) is 2.32. The number of aliphatic hydroxyl groups is 1. The average Bonchev–Trinajstić information content (AvgIpc) is 2.74. The van der Waals surface area contributed by atoms with E-state index in [4.69, 9.17) is 5.11 Å².